The van der Waals surface area contributed by atoms with Crippen LogP contribution in [0.2, 0.25) is 0 Å². The predicted molar refractivity (Wildman–Crippen MR) is 60.9 cm³/mol. The molecule has 2 aliphatic heterocycles. The van der Waals surface area contributed by atoms with Gasteiger partial charge in [-0.2, -0.15) is 0 Å². The standard InChI is InChI=1S/C10H10BrN3O/c11-6-4-12-5-7-9(6)14-3-1-2-8(14)10(15)13-7/h4-5,8H,1-3H2,(H,13,15)/t8-/m0/s1. The Morgan fingerprint density at radius 3 is 3.27 bits per heavy atom. The number of carbonyl (C=O) groups excluding carboxylic acids is 1. The van der Waals surface area contributed by atoms with Gasteiger partial charge in [0.2, 0.25) is 5.91 Å². The largest absolute Gasteiger partial charge is 0.357 e. The van der Waals surface area contributed by atoms with E-state index >= 15 is 0 Å². The lowest BCUT2D eigenvalue weighted by molar-refractivity contribution is -0.117. The number of nitrogens with zero attached hydrogens (tertiary/aromatic N) is 2. The highest BCUT2D eigenvalue weighted by Crippen LogP contribution is 2.40. The van der Waals surface area contributed by atoms with Crippen molar-refractivity contribution in [2.24, 2.45) is 0 Å². The molecule has 1 fully saturated rings. The zero-order valence-corrected chi connectivity index (χ0v) is 9.62. The smallest absolute Gasteiger partial charge is 0.247 e. The normalized spacial score (nSPS) is 23.4. The summed E-state index contributed by atoms with van der Waals surface area (Å²) in [6.07, 6.45) is 5.49. The van der Waals surface area contributed by atoms with Gasteiger partial charge >= 0.3 is 0 Å². The van der Waals surface area contributed by atoms with Gasteiger partial charge in [-0.1, -0.05) is 0 Å². The summed E-state index contributed by atoms with van der Waals surface area (Å²) in [4.78, 5) is 18.0. The van der Waals surface area contributed by atoms with E-state index in [-0.39, 0.29) is 11.9 Å². The first kappa shape index (κ1) is 9.15. The van der Waals surface area contributed by atoms with Crippen molar-refractivity contribution in [1.29, 1.82) is 0 Å². The molecule has 0 aliphatic carbocycles. The van der Waals surface area contributed by atoms with Gasteiger partial charge in [-0.05, 0) is 28.8 Å². The van der Waals surface area contributed by atoms with Crippen LogP contribution in [0.25, 0.3) is 0 Å². The summed E-state index contributed by atoms with van der Waals surface area (Å²) < 4.78 is 0.951. The van der Waals surface area contributed by atoms with Crippen molar-refractivity contribution >= 4 is 33.2 Å². The number of hydrogen-bond donors (Lipinski definition) is 1. The molecule has 2 aliphatic rings. The molecule has 3 rings (SSSR count). The molecule has 1 aromatic rings. The minimum atomic E-state index is 0.0104. The van der Waals surface area contributed by atoms with Crippen molar-refractivity contribution in [1.82, 2.24) is 4.98 Å². The van der Waals surface area contributed by atoms with Crippen molar-refractivity contribution in [3.8, 4) is 0 Å². The van der Waals surface area contributed by atoms with Crippen molar-refractivity contribution < 1.29 is 4.79 Å². The molecule has 1 saturated heterocycles. The van der Waals surface area contributed by atoms with Gasteiger partial charge in [0.05, 0.1) is 22.0 Å². The molecule has 0 unspecified atom stereocenters. The van der Waals surface area contributed by atoms with Crippen LogP contribution >= 0.6 is 15.9 Å². The number of rotatable bonds is 0. The Balaban J connectivity index is 2.16. The van der Waals surface area contributed by atoms with E-state index in [1.807, 2.05) is 0 Å². The summed E-state index contributed by atoms with van der Waals surface area (Å²) in [6.45, 7) is 0.952. The van der Waals surface area contributed by atoms with Crippen LogP contribution in [0.5, 0.6) is 0 Å². The maximum Gasteiger partial charge on any atom is 0.247 e. The number of aromatic nitrogens is 1. The quantitative estimate of drug-likeness (QED) is 0.779. The second-order valence-corrected chi connectivity index (χ2v) is 4.71. The maximum absolute atomic E-state index is 11.8. The average Bonchev–Trinajstić information content (AvgIpc) is 2.66. The van der Waals surface area contributed by atoms with E-state index in [1.165, 1.54) is 0 Å². The lowest BCUT2D eigenvalue weighted by Crippen LogP contribution is -2.44. The van der Waals surface area contributed by atoms with E-state index in [1.54, 1.807) is 12.4 Å². The summed E-state index contributed by atoms with van der Waals surface area (Å²) in [6, 6.07) is 0.0104. The van der Waals surface area contributed by atoms with E-state index in [0.717, 1.165) is 35.2 Å². The number of fused-ring (bicyclic) bond motifs is 3. The first-order valence-electron chi connectivity index (χ1n) is 4.98. The Hall–Kier alpha value is -1.10. The van der Waals surface area contributed by atoms with Crippen LogP contribution in [0.4, 0.5) is 11.4 Å². The lowest BCUT2D eigenvalue weighted by Gasteiger charge is -2.33. The van der Waals surface area contributed by atoms with Crippen molar-refractivity contribution in [3.63, 3.8) is 0 Å². The molecule has 5 heteroatoms. The third-order valence-corrected chi connectivity index (χ3v) is 3.55. The molecule has 0 radical (unpaired) electrons. The number of carbonyl (C=O) groups is 1. The first-order chi connectivity index (χ1) is 7.27. The van der Waals surface area contributed by atoms with Crippen LogP contribution in [0.3, 0.4) is 0 Å². The van der Waals surface area contributed by atoms with Crippen LogP contribution < -0.4 is 10.2 Å². The fraction of sp³-hybridized carbons (Fsp3) is 0.400. The summed E-state index contributed by atoms with van der Waals surface area (Å²) >= 11 is 3.48. The number of amides is 1. The second kappa shape index (κ2) is 3.20. The summed E-state index contributed by atoms with van der Waals surface area (Å²) in [7, 11) is 0. The molecular formula is C10H10BrN3O. The molecule has 1 aromatic heterocycles. The average molecular weight is 268 g/mol. The summed E-state index contributed by atoms with van der Waals surface area (Å²) in [5, 5.41) is 2.90. The van der Waals surface area contributed by atoms with Gasteiger partial charge in [0.1, 0.15) is 6.04 Å². The molecule has 78 valence electrons. The Kier molecular flexibility index (Phi) is 1.95. The van der Waals surface area contributed by atoms with Crippen molar-refractivity contribution in [3.05, 3.63) is 16.9 Å². The highest BCUT2D eigenvalue weighted by Gasteiger charge is 2.37. The topological polar surface area (TPSA) is 45.2 Å². The minimum Gasteiger partial charge on any atom is -0.357 e. The zero-order chi connectivity index (χ0) is 10.4. The summed E-state index contributed by atoms with van der Waals surface area (Å²) in [5.41, 5.74) is 1.89. The molecule has 0 saturated carbocycles. The van der Waals surface area contributed by atoms with Gasteiger partial charge in [0, 0.05) is 12.7 Å². The molecular weight excluding hydrogens is 258 g/mol. The first-order valence-corrected chi connectivity index (χ1v) is 5.77. The molecule has 1 amide bonds. The Morgan fingerprint density at radius 2 is 2.40 bits per heavy atom. The lowest BCUT2D eigenvalue weighted by atomic mass is 10.1. The number of anilines is 2. The second-order valence-electron chi connectivity index (χ2n) is 3.86. The van der Waals surface area contributed by atoms with Crippen molar-refractivity contribution in [2.45, 2.75) is 18.9 Å². The fourth-order valence-electron chi connectivity index (χ4n) is 2.33. The van der Waals surface area contributed by atoms with E-state index in [0.29, 0.717) is 0 Å². The molecule has 4 nitrogen and oxygen atoms in total. The number of pyridine rings is 1. The van der Waals surface area contributed by atoms with Crippen LogP contribution in [0.15, 0.2) is 16.9 Å². The highest BCUT2D eigenvalue weighted by atomic mass is 79.9. The van der Waals surface area contributed by atoms with Gasteiger partial charge < -0.3 is 10.2 Å². The predicted octanol–water partition coefficient (Wildman–Crippen LogP) is 1.77. The van der Waals surface area contributed by atoms with Gasteiger partial charge in [0.25, 0.3) is 0 Å². The Labute approximate surface area is 95.8 Å². The number of halogens is 1. The van der Waals surface area contributed by atoms with Crippen molar-refractivity contribution in [2.75, 3.05) is 16.8 Å². The molecule has 3 heterocycles. The molecule has 0 spiro atoms. The van der Waals surface area contributed by atoms with Gasteiger partial charge in [0.15, 0.2) is 0 Å². The zero-order valence-electron chi connectivity index (χ0n) is 8.03. The third-order valence-electron chi connectivity index (χ3n) is 2.97. The highest BCUT2D eigenvalue weighted by molar-refractivity contribution is 9.10. The molecule has 15 heavy (non-hydrogen) atoms. The number of hydrogen-bond acceptors (Lipinski definition) is 3. The monoisotopic (exact) mass is 267 g/mol. The van der Waals surface area contributed by atoms with Crippen LogP contribution in [0.1, 0.15) is 12.8 Å². The van der Waals surface area contributed by atoms with E-state index < -0.39 is 0 Å². The number of nitrogens with one attached hydrogen (secondary N) is 1. The van der Waals surface area contributed by atoms with Crippen LogP contribution in [0, 0.1) is 0 Å². The van der Waals surface area contributed by atoms with E-state index in [9.17, 15) is 4.79 Å². The molecule has 1 N–H and O–H groups in total. The fourth-order valence-corrected chi connectivity index (χ4v) is 2.89. The SMILES string of the molecule is O=C1Nc2cncc(Br)c2N2CCC[C@@H]12. The third kappa shape index (κ3) is 1.26. The Bertz CT molecular complexity index is 435. The van der Waals surface area contributed by atoms with Gasteiger partial charge in [-0.15, -0.1) is 0 Å². The van der Waals surface area contributed by atoms with Gasteiger partial charge in [-0.3, -0.25) is 9.78 Å². The maximum atomic E-state index is 11.8. The molecule has 0 aromatic carbocycles. The van der Waals surface area contributed by atoms with Crippen LogP contribution in [-0.2, 0) is 4.79 Å². The molecule has 0 bridgehead atoms. The Morgan fingerprint density at radius 1 is 1.53 bits per heavy atom. The van der Waals surface area contributed by atoms with E-state index in [2.05, 4.69) is 31.1 Å². The summed E-state index contributed by atoms with van der Waals surface area (Å²) in [5.74, 6) is 0.0971. The van der Waals surface area contributed by atoms with E-state index in [4.69, 9.17) is 0 Å². The van der Waals surface area contributed by atoms with Gasteiger partial charge in [-0.25, -0.2) is 0 Å². The van der Waals surface area contributed by atoms with Crippen LogP contribution in [-0.4, -0.2) is 23.5 Å². The molecule has 1 atom stereocenters. The minimum absolute atomic E-state index is 0.0104.